The number of nitrogens with zero attached hydrogens (tertiary/aromatic N) is 2. The summed E-state index contributed by atoms with van der Waals surface area (Å²) >= 11 is 2.02. The number of aromatic nitrogens is 2. The number of nitrogens with one attached hydrogen (secondary N) is 1. The summed E-state index contributed by atoms with van der Waals surface area (Å²) in [6.07, 6.45) is 3.00. The van der Waals surface area contributed by atoms with E-state index < -0.39 is 0 Å². The van der Waals surface area contributed by atoms with Gasteiger partial charge in [-0.05, 0) is 23.8 Å². The topological polar surface area (TPSA) is 47.0 Å². The number of thioether (sulfide) groups is 1. The second-order valence-electron chi connectivity index (χ2n) is 3.53. The second-order valence-corrected chi connectivity index (χ2v) is 4.68. The van der Waals surface area contributed by atoms with Crippen LogP contribution in [0, 0.1) is 5.92 Å². The summed E-state index contributed by atoms with van der Waals surface area (Å²) in [4.78, 5) is 8.34. The van der Waals surface area contributed by atoms with Crippen molar-refractivity contribution >= 4 is 17.7 Å². The van der Waals surface area contributed by atoms with Crippen LogP contribution in [0.1, 0.15) is 6.42 Å². The van der Waals surface area contributed by atoms with Crippen LogP contribution in [0.2, 0.25) is 0 Å². The van der Waals surface area contributed by atoms with Gasteiger partial charge >= 0.3 is 0 Å². The molecule has 1 aromatic rings. The Morgan fingerprint density at radius 3 is 3.33 bits per heavy atom. The monoisotopic (exact) mass is 225 g/mol. The molecule has 0 spiro atoms. The van der Waals surface area contributed by atoms with Crippen LogP contribution < -0.4 is 10.1 Å². The van der Waals surface area contributed by atoms with Crippen molar-refractivity contribution in [3.8, 4) is 5.88 Å². The lowest BCUT2D eigenvalue weighted by Crippen LogP contribution is -2.15. The molecule has 0 bridgehead atoms. The summed E-state index contributed by atoms with van der Waals surface area (Å²) in [5.41, 5.74) is 0. The third-order valence-corrected chi connectivity index (χ3v) is 3.64. The maximum atomic E-state index is 5.03. The van der Waals surface area contributed by atoms with E-state index in [9.17, 15) is 0 Å². The molecule has 0 saturated carbocycles. The third-order valence-electron chi connectivity index (χ3n) is 2.41. The Kier molecular flexibility index (Phi) is 3.66. The average Bonchev–Trinajstić information content (AvgIpc) is 2.79. The Morgan fingerprint density at radius 2 is 2.60 bits per heavy atom. The molecule has 1 aromatic heterocycles. The van der Waals surface area contributed by atoms with Gasteiger partial charge in [0, 0.05) is 18.8 Å². The van der Waals surface area contributed by atoms with Crippen molar-refractivity contribution in [1.82, 2.24) is 9.97 Å². The van der Waals surface area contributed by atoms with Gasteiger partial charge in [-0.25, -0.2) is 4.98 Å². The largest absolute Gasteiger partial charge is 0.481 e. The van der Waals surface area contributed by atoms with E-state index in [4.69, 9.17) is 4.74 Å². The maximum Gasteiger partial charge on any atom is 0.225 e. The van der Waals surface area contributed by atoms with Crippen molar-refractivity contribution < 1.29 is 4.74 Å². The predicted octanol–water partition coefficient (Wildman–Crippen LogP) is 1.65. The maximum absolute atomic E-state index is 5.03. The van der Waals surface area contributed by atoms with Crippen LogP contribution in [-0.2, 0) is 0 Å². The SMILES string of the molecule is COc1ccnc(NCC2CCSC2)n1. The Hall–Kier alpha value is -0.970. The van der Waals surface area contributed by atoms with Crippen LogP contribution in [0.25, 0.3) is 0 Å². The Labute approximate surface area is 93.8 Å². The highest BCUT2D eigenvalue weighted by molar-refractivity contribution is 7.99. The van der Waals surface area contributed by atoms with Crippen LogP contribution in [-0.4, -0.2) is 35.1 Å². The van der Waals surface area contributed by atoms with Gasteiger partial charge in [-0.2, -0.15) is 16.7 Å². The van der Waals surface area contributed by atoms with Crippen LogP contribution in [0.5, 0.6) is 5.88 Å². The molecular weight excluding hydrogens is 210 g/mol. The highest BCUT2D eigenvalue weighted by Crippen LogP contribution is 2.23. The van der Waals surface area contributed by atoms with Crippen LogP contribution in [0.15, 0.2) is 12.3 Å². The van der Waals surface area contributed by atoms with Gasteiger partial charge in [-0.15, -0.1) is 0 Å². The number of anilines is 1. The molecule has 82 valence electrons. The van der Waals surface area contributed by atoms with Gasteiger partial charge in [0.05, 0.1) is 7.11 Å². The lowest BCUT2D eigenvalue weighted by atomic mass is 10.1. The first-order valence-corrected chi connectivity index (χ1v) is 6.22. The van der Waals surface area contributed by atoms with E-state index in [-0.39, 0.29) is 0 Å². The summed E-state index contributed by atoms with van der Waals surface area (Å²) in [5.74, 6) is 4.55. The van der Waals surface area contributed by atoms with E-state index >= 15 is 0 Å². The van der Waals surface area contributed by atoms with Crippen molar-refractivity contribution in [1.29, 1.82) is 0 Å². The van der Waals surface area contributed by atoms with Crippen molar-refractivity contribution in [2.24, 2.45) is 5.92 Å². The number of hydrogen-bond acceptors (Lipinski definition) is 5. The van der Waals surface area contributed by atoms with Crippen molar-refractivity contribution in [3.05, 3.63) is 12.3 Å². The number of hydrogen-bond donors (Lipinski definition) is 1. The highest BCUT2D eigenvalue weighted by atomic mass is 32.2. The molecule has 1 aliphatic rings. The van der Waals surface area contributed by atoms with E-state index in [1.54, 1.807) is 19.4 Å². The van der Waals surface area contributed by atoms with E-state index in [0.717, 1.165) is 12.5 Å². The van der Waals surface area contributed by atoms with Crippen LogP contribution in [0.3, 0.4) is 0 Å². The van der Waals surface area contributed by atoms with E-state index in [0.29, 0.717) is 11.8 Å². The molecule has 5 heteroatoms. The molecule has 15 heavy (non-hydrogen) atoms. The lowest BCUT2D eigenvalue weighted by Gasteiger charge is -2.09. The Morgan fingerprint density at radius 1 is 1.67 bits per heavy atom. The molecule has 1 saturated heterocycles. The van der Waals surface area contributed by atoms with Crippen LogP contribution >= 0.6 is 11.8 Å². The number of methoxy groups -OCH3 is 1. The summed E-state index contributed by atoms with van der Waals surface area (Å²) < 4.78 is 5.03. The zero-order chi connectivity index (χ0) is 10.5. The molecule has 0 aliphatic carbocycles. The molecule has 2 heterocycles. The zero-order valence-corrected chi connectivity index (χ0v) is 9.59. The minimum absolute atomic E-state index is 0.605. The van der Waals surface area contributed by atoms with E-state index in [1.165, 1.54) is 17.9 Å². The molecular formula is C10H15N3OS. The van der Waals surface area contributed by atoms with Crippen molar-refractivity contribution in [2.75, 3.05) is 30.5 Å². The van der Waals surface area contributed by atoms with E-state index in [1.807, 2.05) is 11.8 Å². The molecule has 1 aliphatic heterocycles. The fourth-order valence-electron chi connectivity index (χ4n) is 1.52. The summed E-state index contributed by atoms with van der Waals surface area (Å²) in [5, 5.41) is 3.25. The van der Waals surface area contributed by atoms with Crippen LogP contribution in [0.4, 0.5) is 5.95 Å². The molecule has 0 radical (unpaired) electrons. The van der Waals surface area contributed by atoms with Crippen molar-refractivity contribution in [2.45, 2.75) is 6.42 Å². The summed E-state index contributed by atoms with van der Waals surface area (Å²) in [6, 6.07) is 1.75. The molecule has 1 N–H and O–H groups in total. The highest BCUT2D eigenvalue weighted by Gasteiger charge is 2.15. The first kappa shape index (κ1) is 10.5. The van der Waals surface area contributed by atoms with Crippen molar-refractivity contribution in [3.63, 3.8) is 0 Å². The Bertz CT molecular complexity index is 315. The Balaban J connectivity index is 1.86. The zero-order valence-electron chi connectivity index (χ0n) is 8.77. The number of rotatable bonds is 4. The van der Waals surface area contributed by atoms with E-state index in [2.05, 4.69) is 15.3 Å². The van der Waals surface area contributed by atoms with Gasteiger partial charge in [0.2, 0.25) is 11.8 Å². The molecule has 2 rings (SSSR count). The van der Waals surface area contributed by atoms with Gasteiger partial charge in [0.15, 0.2) is 0 Å². The normalized spacial score (nSPS) is 20.2. The van der Waals surface area contributed by atoms with Gasteiger partial charge in [0.25, 0.3) is 0 Å². The third kappa shape index (κ3) is 2.99. The molecule has 0 aromatic carbocycles. The minimum Gasteiger partial charge on any atom is -0.481 e. The molecule has 0 amide bonds. The summed E-state index contributed by atoms with van der Waals surface area (Å²) in [6.45, 7) is 0.958. The fraction of sp³-hybridized carbons (Fsp3) is 0.600. The van der Waals surface area contributed by atoms with Gasteiger partial charge in [-0.3, -0.25) is 0 Å². The first-order chi connectivity index (χ1) is 7.38. The van der Waals surface area contributed by atoms with Gasteiger partial charge in [0.1, 0.15) is 0 Å². The first-order valence-electron chi connectivity index (χ1n) is 5.07. The molecule has 4 nitrogen and oxygen atoms in total. The molecule has 1 atom stereocenters. The average molecular weight is 225 g/mol. The molecule has 1 unspecified atom stereocenters. The smallest absolute Gasteiger partial charge is 0.225 e. The van der Waals surface area contributed by atoms with Gasteiger partial charge in [-0.1, -0.05) is 0 Å². The van der Waals surface area contributed by atoms with Gasteiger partial charge < -0.3 is 10.1 Å². The standard InChI is InChI=1S/C10H15N3OS/c1-14-9-2-4-11-10(13-9)12-6-8-3-5-15-7-8/h2,4,8H,3,5-7H2,1H3,(H,11,12,13). The predicted molar refractivity (Wildman–Crippen MR) is 62.5 cm³/mol. The summed E-state index contributed by atoms with van der Waals surface area (Å²) in [7, 11) is 1.61. The number of ether oxygens (including phenoxy) is 1. The second kappa shape index (κ2) is 5.21. The quantitative estimate of drug-likeness (QED) is 0.844. The minimum atomic E-state index is 0.605. The lowest BCUT2D eigenvalue weighted by molar-refractivity contribution is 0.397. The fourth-order valence-corrected chi connectivity index (χ4v) is 2.81. The molecule has 1 fully saturated rings.